The molecule has 2 atom stereocenters. The van der Waals surface area contributed by atoms with Crippen molar-refractivity contribution in [2.75, 3.05) is 12.0 Å². The van der Waals surface area contributed by atoms with Crippen LogP contribution in [0.2, 0.25) is 0 Å². The first-order valence-electron chi connectivity index (χ1n) is 6.87. The minimum absolute atomic E-state index is 0.331. The van der Waals surface area contributed by atoms with Gasteiger partial charge in [-0.15, -0.1) is 0 Å². The number of rotatable bonds is 5. The predicted octanol–water partition coefficient (Wildman–Crippen LogP) is 4.04. The Balaban J connectivity index is 2.11. The van der Waals surface area contributed by atoms with Gasteiger partial charge in [0.15, 0.2) is 0 Å². The Morgan fingerprint density at radius 2 is 2.11 bits per heavy atom. The molecule has 1 nitrogen and oxygen atoms in total. The van der Waals surface area contributed by atoms with Crippen molar-refractivity contribution in [2.24, 2.45) is 5.41 Å². The van der Waals surface area contributed by atoms with E-state index in [0.717, 1.165) is 0 Å². The van der Waals surface area contributed by atoms with E-state index in [1.165, 1.54) is 29.7 Å². The largest absolute Gasteiger partial charge is 0.307 e. The molecular weight excluding hydrogens is 238 g/mol. The lowest BCUT2D eigenvalue weighted by Crippen LogP contribution is -2.37. The summed E-state index contributed by atoms with van der Waals surface area (Å²) < 4.78 is 0. The zero-order chi connectivity index (χ0) is 13.2. The van der Waals surface area contributed by atoms with Crippen molar-refractivity contribution in [3.05, 3.63) is 35.4 Å². The van der Waals surface area contributed by atoms with E-state index < -0.39 is 0 Å². The van der Waals surface area contributed by atoms with Crippen molar-refractivity contribution in [3.63, 3.8) is 0 Å². The molecule has 100 valence electrons. The van der Waals surface area contributed by atoms with Crippen molar-refractivity contribution >= 4 is 11.8 Å². The van der Waals surface area contributed by atoms with Gasteiger partial charge in [0.05, 0.1) is 0 Å². The van der Waals surface area contributed by atoms with Gasteiger partial charge >= 0.3 is 0 Å². The summed E-state index contributed by atoms with van der Waals surface area (Å²) in [6, 6.07) is 10.0. The van der Waals surface area contributed by atoms with Crippen LogP contribution < -0.4 is 5.32 Å². The number of benzene rings is 1. The van der Waals surface area contributed by atoms with Crippen LogP contribution in [-0.2, 0) is 6.42 Å². The van der Waals surface area contributed by atoms with Gasteiger partial charge in [-0.25, -0.2) is 0 Å². The molecule has 0 heterocycles. The van der Waals surface area contributed by atoms with E-state index in [9.17, 15) is 0 Å². The van der Waals surface area contributed by atoms with Gasteiger partial charge in [0.1, 0.15) is 0 Å². The van der Waals surface area contributed by atoms with Gasteiger partial charge in [-0.2, -0.15) is 11.8 Å². The molecule has 0 fully saturated rings. The zero-order valence-electron chi connectivity index (χ0n) is 12.0. The zero-order valence-corrected chi connectivity index (χ0v) is 12.8. The first kappa shape index (κ1) is 14.0. The molecule has 0 saturated carbocycles. The maximum absolute atomic E-state index is 3.85. The average Bonchev–Trinajstić information content (AvgIpc) is 2.58. The molecule has 0 spiro atoms. The van der Waals surface area contributed by atoms with Crippen LogP contribution in [0.25, 0.3) is 0 Å². The van der Waals surface area contributed by atoms with Gasteiger partial charge in [-0.3, -0.25) is 0 Å². The molecule has 1 aromatic carbocycles. The monoisotopic (exact) mass is 263 g/mol. The highest BCUT2D eigenvalue weighted by atomic mass is 32.2. The number of hydrogen-bond acceptors (Lipinski definition) is 2. The molecule has 2 heteroatoms. The lowest BCUT2D eigenvalue weighted by molar-refractivity contribution is 0.250. The summed E-state index contributed by atoms with van der Waals surface area (Å²) in [5.74, 6) is 1.24. The molecule has 0 amide bonds. The molecule has 1 aromatic rings. The van der Waals surface area contributed by atoms with Crippen molar-refractivity contribution < 1.29 is 0 Å². The van der Waals surface area contributed by atoms with Crippen LogP contribution in [0.5, 0.6) is 0 Å². The Kier molecular flexibility index (Phi) is 4.39. The van der Waals surface area contributed by atoms with E-state index in [0.29, 0.717) is 17.5 Å². The predicted molar refractivity (Wildman–Crippen MR) is 82.3 cm³/mol. The molecule has 0 radical (unpaired) electrons. The Morgan fingerprint density at radius 3 is 2.83 bits per heavy atom. The maximum Gasteiger partial charge on any atom is 0.0379 e. The molecule has 1 aliphatic carbocycles. The average molecular weight is 263 g/mol. The van der Waals surface area contributed by atoms with Gasteiger partial charge < -0.3 is 5.32 Å². The van der Waals surface area contributed by atoms with Crippen molar-refractivity contribution in [2.45, 2.75) is 45.7 Å². The first-order valence-corrected chi connectivity index (χ1v) is 8.27. The molecule has 18 heavy (non-hydrogen) atoms. The highest BCUT2D eigenvalue weighted by molar-refractivity contribution is 7.98. The third kappa shape index (κ3) is 2.92. The Morgan fingerprint density at radius 1 is 1.39 bits per heavy atom. The summed E-state index contributed by atoms with van der Waals surface area (Å²) in [5, 5.41) is 3.85. The summed E-state index contributed by atoms with van der Waals surface area (Å²) in [6.07, 6.45) is 4.62. The lowest BCUT2D eigenvalue weighted by Gasteiger charge is -2.31. The van der Waals surface area contributed by atoms with Crippen LogP contribution in [0.1, 0.15) is 44.4 Å². The molecule has 0 bridgehead atoms. The Bertz CT molecular complexity index is 400. The summed E-state index contributed by atoms with van der Waals surface area (Å²) in [6.45, 7) is 7.07. The van der Waals surface area contributed by atoms with E-state index >= 15 is 0 Å². The lowest BCUT2D eigenvalue weighted by atomic mass is 9.85. The van der Waals surface area contributed by atoms with E-state index in [1.807, 2.05) is 11.8 Å². The molecule has 1 N–H and O–H groups in total. The minimum atomic E-state index is 0.331. The molecule has 2 rings (SSSR count). The van der Waals surface area contributed by atoms with Crippen LogP contribution >= 0.6 is 11.8 Å². The summed E-state index contributed by atoms with van der Waals surface area (Å²) in [4.78, 5) is 0. The van der Waals surface area contributed by atoms with Gasteiger partial charge in [-0.05, 0) is 48.3 Å². The smallest absolute Gasteiger partial charge is 0.0379 e. The maximum atomic E-state index is 3.85. The van der Waals surface area contributed by atoms with Crippen LogP contribution in [0.4, 0.5) is 0 Å². The molecule has 2 unspecified atom stereocenters. The Hall–Kier alpha value is -0.470. The quantitative estimate of drug-likeness (QED) is 0.860. The first-order chi connectivity index (χ1) is 8.54. The third-order valence-electron chi connectivity index (χ3n) is 4.00. The second-order valence-electron chi connectivity index (χ2n) is 6.15. The fourth-order valence-corrected chi connectivity index (χ4v) is 3.56. The second-order valence-corrected chi connectivity index (χ2v) is 7.13. The highest BCUT2D eigenvalue weighted by Gasteiger charge is 2.38. The van der Waals surface area contributed by atoms with Crippen molar-refractivity contribution in [1.29, 1.82) is 0 Å². The van der Waals surface area contributed by atoms with Gasteiger partial charge in [-0.1, -0.05) is 38.1 Å². The topological polar surface area (TPSA) is 12.0 Å². The number of fused-ring (bicyclic) bond motifs is 1. The van der Waals surface area contributed by atoms with E-state index in [2.05, 4.69) is 56.6 Å². The summed E-state index contributed by atoms with van der Waals surface area (Å²) in [5.41, 5.74) is 3.37. The van der Waals surface area contributed by atoms with Gasteiger partial charge in [0, 0.05) is 12.1 Å². The molecule has 0 aliphatic heterocycles. The fourth-order valence-electron chi connectivity index (χ4n) is 2.97. The number of hydrogen-bond donors (Lipinski definition) is 1. The Labute approximate surface area is 116 Å². The fraction of sp³-hybridized carbons (Fsp3) is 0.625. The number of nitrogens with one attached hydrogen (secondary N) is 1. The van der Waals surface area contributed by atoms with E-state index in [-0.39, 0.29) is 0 Å². The standard InChI is InChI=1S/C16H25NS/c1-12(9-10-18-4)17-15-14-8-6-5-7-13(14)11-16(15,2)3/h5-8,12,15,17H,9-11H2,1-4H3. The van der Waals surface area contributed by atoms with Gasteiger partial charge in [0.25, 0.3) is 0 Å². The molecule has 0 aromatic heterocycles. The van der Waals surface area contributed by atoms with Crippen LogP contribution in [0.15, 0.2) is 24.3 Å². The third-order valence-corrected chi connectivity index (χ3v) is 4.64. The van der Waals surface area contributed by atoms with Crippen LogP contribution in [0, 0.1) is 5.41 Å². The second kappa shape index (κ2) is 5.66. The molecule has 0 saturated heterocycles. The van der Waals surface area contributed by atoms with E-state index in [1.54, 1.807) is 0 Å². The van der Waals surface area contributed by atoms with Crippen LogP contribution in [0.3, 0.4) is 0 Å². The van der Waals surface area contributed by atoms with Crippen molar-refractivity contribution in [3.8, 4) is 0 Å². The molecular formula is C16H25NS. The van der Waals surface area contributed by atoms with Crippen molar-refractivity contribution in [1.82, 2.24) is 5.32 Å². The summed E-state index contributed by atoms with van der Waals surface area (Å²) in [7, 11) is 0. The van der Waals surface area contributed by atoms with Gasteiger partial charge in [0.2, 0.25) is 0 Å². The normalized spacial score (nSPS) is 22.8. The highest BCUT2D eigenvalue weighted by Crippen LogP contribution is 2.45. The van der Waals surface area contributed by atoms with E-state index in [4.69, 9.17) is 0 Å². The van der Waals surface area contributed by atoms with Crippen LogP contribution in [-0.4, -0.2) is 18.1 Å². The summed E-state index contributed by atoms with van der Waals surface area (Å²) >= 11 is 1.93. The molecule has 1 aliphatic rings. The SMILES string of the molecule is CSCCC(C)NC1c2ccccc2CC1(C)C. The number of thioether (sulfide) groups is 1. The minimum Gasteiger partial charge on any atom is -0.307 e.